The zero-order valence-electron chi connectivity index (χ0n) is 6.45. The van der Waals surface area contributed by atoms with Gasteiger partial charge in [-0.1, -0.05) is 6.92 Å². The largest absolute Gasteiger partial charge is 0.330 e. The first-order chi connectivity index (χ1) is 4.87. The third kappa shape index (κ3) is 2.41. The summed E-state index contributed by atoms with van der Waals surface area (Å²) in [5, 5.41) is 0. The summed E-state index contributed by atoms with van der Waals surface area (Å²) in [5.41, 5.74) is 10.5. The fourth-order valence-electron chi connectivity index (χ4n) is 0.732. The topological polar surface area (TPSA) is 106 Å². The zero-order valence-corrected chi connectivity index (χ0v) is 7.26. The molecule has 11 heavy (non-hydrogen) atoms. The Kier molecular flexibility index (Phi) is 3.43. The summed E-state index contributed by atoms with van der Waals surface area (Å²) in [6.45, 7) is 1.73. The van der Waals surface area contributed by atoms with Crippen LogP contribution in [0.15, 0.2) is 0 Å². The lowest BCUT2D eigenvalue weighted by atomic mass is 10.1. The van der Waals surface area contributed by atoms with Crippen LogP contribution >= 0.6 is 0 Å². The third-order valence-corrected chi connectivity index (χ3v) is 3.20. The average molecular weight is 182 g/mol. The standard InChI is InChI=1S/C5H14N2O3S/c1-2-5(7,3-4-6)11(8,9)10/h2-4,6-7H2,1H3,(H,8,9,10). The minimum atomic E-state index is -4.18. The summed E-state index contributed by atoms with van der Waals surface area (Å²) in [5.74, 6) is 0. The molecular formula is C5H14N2O3S. The molecule has 0 aromatic rings. The van der Waals surface area contributed by atoms with Gasteiger partial charge in [0.05, 0.1) is 0 Å². The van der Waals surface area contributed by atoms with E-state index in [-0.39, 0.29) is 19.4 Å². The number of rotatable bonds is 4. The van der Waals surface area contributed by atoms with Crippen molar-refractivity contribution in [3.8, 4) is 0 Å². The molecule has 5 nitrogen and oxygen atoms in total. The van der Waals surface area contributed by atoms with Gasteiger partial charge in [-0.25, -0.2) is 0 Å². The molecule has 0 saturated heterocycles. The lowest BCUT2D eigenvalue weighted by Gasteiger charge is -2.23. The van der Waals surface area contributed by atoms with Gasteiger partial charge >= 0.3 is 0 Å². The first-order valence-corrected chi connectivity index (χ1v) is 4.77. The van der Waals surface area contributed by atoms with Crippen LogP contribution in [-0.2, 0) is 10.1 Å². The highest BCUT2D eigenvalue weighted by Crippen LogP contribution is 2.17. The van der Waals surface area contributed by atoms with E-state index in [2.05, 4.69) is 0 Å². The molecule has 0 spiro atoms. The van der Waals surface area contributed by atoms with Crippen LogP contribution in [-0.4, -0.2) is 24.4 Å². The second-order valence-electron chi connectivity index (χ2n) is 2.43. The molecule has 0 aromatic carbocycles. The number of hydrogen-bond donors (Lipinski definition) is 3. The quantitative estimate of drug-likeness (QED) is 0.498. The highest BCUT2D eigenvalue weighted by molar-refractivity contribution is 7.87. The fraction of sp³-hybridized carbons (Fsp3) is 1.00. The van der Waals surface area contributed by atoms with E-state index in [9.17, 15) is 8.42 Å². The van der Waals surface area contributed by atoms with Crippen LogP contribution in [0.4, 0.5) is 0 Å². The monoisotopic (exact) mass is 182 g/mol. The van der Waals surface area contributed by atoms with Gasteiger partial charge in [-0.2, -0.15) is 8.42 Å². The molecule has 0 aliphatic heterocycles. The Balaban J connectivity index is 4.61. The van der Waals surface area contributed by atoms with E-state index in [1.54, 1.807) is 6.92 Å². The summed E-state index contributed by atoms with van der Waals surface area (Å²) in [4.78, 5) is -1.57. The zero-order chi connectivity index (χ0) is 9.12. The lowest BCUT2D eigenvalue weighted by molar-refractivity contribution is 0.405. The molecule has 0 fully saturated rings. The SMILES string of the molecule is CCC(N)(CCN)S(=O)(=O)O. The summed E-state index contributed by atoms with van der Waals surface area (Å²) in [7, 11) is -4.18. The second kappa shape index (κ2) is 3.48. The van der Waals surface area contributed by atoms with E-state index in [0.29, 0.717) is 0 Å². The first-order valence-electron chi connectivity index (χ1n) is 3.33. The Hall–Kier alpha value is -0.170. The molecule has 0 amide bonds. The van der Waals surface area contributed by atoms with Gasteiger partial charge < -0.3 is 11.5 Å². The molecule has 1 unspecified atom stereocenters. The van der Waals surface area contributed by atoms with E-state index in [1.165, 1.54) is 0 Å². The maximum absolute atomic E-state index is 10.6. The van der Waals surface area contributed by atoms with Gasteiger partial charge in [0.25, 0.3) is 10.1 Å². The molecule has 0 aromatic heterocycles. The van der Waals surface area contributed by atoms with E-state index in [1.807, 2.05) is 0 Å². The molecule has 1 atom stereocenters. The lowest BCUT2D eigenvalue weighted by Crippen LogP contribution is -2.48. The molecule has 0 radical (unpaired) electrons. The van der Waals surface area contributed by atoms with Gasteiger partial charge in [-0.15, -0.1) is 0 Å². The molecule has 0 saturated carbocycles. The molecule has 68 valence electrons. The predicted molar refractivity (Wildman–Crippen MR) is 42.4 cm³/mol. The summed E-state index contributed by atoms with van der Waals surface area (Å²) in [6.07, 6.45) is 0.228. The van der Waals surface area contributed by atoms with Crippen LogP contribution in [0.2, 0.25) is 0 Å². The van der Waals surface area contributed by atoms with Gasteiger partial charge in [0, 0.05) is 0 Å². The van der Waals surface area contributed by atoms with Crippen molar-refractivity contribution in [1.29, 1.82) is 0 Å². The van der Waals surface area contributed by atoms with Crippen molar-refractivity contribution in [1.82, 2.24) is 0 Å². The molecule has 0 rings (SSSR count). The predicted octanol–water partition coefficient (Wildman–Crippen LogP) is -0.712. The normalized spacial score (nSPS) is 17.8. The maximum Gasteiger partial charge on any atom is 0.283 e. The van der Waals surface area contributed by atoms with Crippen molar-refractivity contribution in [2.45, 2.75) is 24.6 Å². The van der Waals surface area contributed by atoms with E-state index >= 15 is 0 Å². The van der Waals surface area contributed by atoms with Crippen molar-refractivity contribution in [3.63, 3.8) is 0 Å². The van der Waals surface area contributed by atoms with Crippen molar-refractivity contribution >= 4 is 10.1 Å². The first kappa shape index (κ1) is 10.8. The van der Waals surface area contributed by atoms with Crippen LogP contribution in [0.25, 0.3) is 0 Å². The van der Waals surface area contributed by atoms with Crippen molar-refractivity contribution in [3.05, 3.63) is 0 Å². The number of hydrogen-bond acceptors (Lipinski definition) is 4. The van der Waals surface area contributed by atoms with Crippen LogP contribution in [0, 0.1) is 0 Å². The van der Waals surface area contributed by atoms with Gasteiger partial charge in [-0.05, 0) is 19.4 Å². The van der Waals surface area contributed by atoms with E-state index in [4.69, 9.17) is 16.0 Å². The minimum Gasteiger partial charge on any atom is -0.330 e. The van der Waals surface area contributed by atoms with Gasteiger partial charge in [0.2, 0.25) is 0 Å². The van der Waals surface area contributed by atoms with E-state index < -0.39 is 15.0 Å². The van der Waals surface area contributed by atoms with Gasteiger partial charge in [-0.3, -0.25) is 4.55 Å². The van der Waals surface area contributed by atoms with Crippen LogP contribution < -0.4 is 11.5 Å². The second-order valence-corrected chi connectivity index (χ2v) is 4.20. The highest BCUT2D eigenvalue weighted by Gasteiger charge is 2.35. The molecule has 6 heteroatoms. The van der Waals surface area contributed by atoms with Crippen LogP contribution in [0.5, 0.6) is 0 Å². The highest BCUT2D eigenvalue weighted by atomic mass is 32.2. The molecule has 5 N–H and O–H groups in total. The summed E-state index contributed by atoms with van der Waals surface area (Å²) in [6, 6.07) is 0. The summed E-state index contributed by atoms with van der Waals surface area (Å²) < 4.78 is 30.0. The van der Waals surface area contributed by atoms with Crippen LogP contribution in [0.1, 0.15) is 19.8 Å². The molecule has 0 aliphatic rings. The average Bonchev–Trinajstić information content (AvgIpc) is 1.86. The van der Waals surface area contributed by atoms with Gasteiger partial charge in [0.15, 0.2) is 0 Å². The van der Waals surface area contributed by atoms with Crippen molar-refractivity contribution < 1.29 is 13.0 Å². The number of nitrogens with two attached hydrogens (primary N) is 2. The smallest absolute Gasteiger partial charge is 0.283 e. The fourth-order valence-corrected chi connectivity index (χ4v) is 1.47. The maximum atomic E-state index is 10.6. The Morgan fingerprint density at radius 1 is 1.55 bits per heavy atom. The van der Waals surface area contributed by atoms with Crippen molar-refractivity contribution in [2.75, 3.05) is 6.54 Å². The Morgan fingerprint density at radius 2 is 2.00 bits per heavy atom. The molecule has 0 bridgehead atoms. The Bertz CT molecular complexity index is 214. The third-order valence-electron chi connectivity index (χ3n) is 1.68. The summed E-state index contributed by atoms with van der Waals surface area (Å²) >= 11 is 0. The molecule has 0 heterocycles. The molecular weight excluding hydrogens is 168 g/mol. The van der Waals surface area contributed by atoms with Crippen LogP contribution in [0.3, 0.4) is 0 Å². The Morgan fingerprint density at radius 3 is 2.09 bits per heavy atom. The minimum absolute atomic E-state index is 0.0718. The Labute approximate surface area is 66.5 Å². The molecule has 0 aliphatic carbocycles. The van der Waals surface area contributed by atoms with Crippen molar-refractivity contribution in [2.24, 2.45) is 11.5 Å². The van der Waals surface area contributed by atoms with Gasteiger partial charge in [0.1, 0.15) is 4.87 Å². The van der Waals surface area contributed by atoms with E-state index in [0.717, 1.165) is 0 Å².